The molecule has 0 aliphatic carbocycles. The summed E-state index contributed by atoms with van der Waals surface area (Å²) >= 11 is 1.65. The third kappa shape index (κ3) is 7.88. The number of carboxylic acid groups (broad SMARTS) is 1. The minimum absolute atomic E-state index is 0.404. The lowest BCUT2D eigenvalue weighted by Gasteiger charge is -2.12. The third-order valence-corrected chi connectivity index (χ3v) is 4.86. The predicted octanol–water partition coefficient (Wildman–Crippen LogP) is 3.99. The molecule has 28 heavy (non-hydrogen) atoms. The Morgan fingerprint density at radius 3 is 2.50 bits per heavy atom. The van der Waals surface area contributed by atoms with Gasteiger partial charge < -0.3 is 15.2 Å². The van der Waals surface area contributed by atoms with E-state index in [0.29, 0.717) is 18.8 Å². The average Bonchev–Trinajstić information content (AvgIpc) is 2.71. The largest absolute Gasteiger partial charge is 0.489 e. The molecule has 0 heterocycles. The van der Waals surface area contributed by atoms with E-state index in [4.69, 9.17) is 4.74 Å². The van der Waals surface area contributed by atoms with Crippen molar-refractivity contribution in [2.24, 2.45) is 0 Å². The van der Waals surface area contributed by atoms with Gasteiger partial charge in [-0.25, -0.2) is 4.79 Å². The lowest BCUT2D eigenvalue weighted by molar-refractivity contribution is -0.141. The fourth-order valence-electron chi connectivity index (χ4n) is 2.41. The van der Waals surface area contributed by atoms with Gasteiger partial charge >= 0.3 is 5.97 Å². The molecule has 0 aliphatic heterocycles. The van der Waals surface area contributed by atoms with Gasteiger partial charge in [-0.15, -0.1) is 0 Å². The van der Waals surface area contributed by atoms with E-state index in [0.717, 1.165) is 22.6 Å². The summed E-state index contributed by atoms with van der Waals surface area (Å²) in [6.07, 6.45) is 3.40. The van der Waals surface area contributed by atoms with Crippen LogP contribution in [0.2, 0.25) is 0 Å². The molecular weight excluding hydrogens is 374 g/mol. The molecule has 1 atom stereocenters. The molecule has 0 bridgehead atoms. The van der Waals surface area contributed by atoms with Gasteiger partial charge in [0.05, 0.1) is 0 Å². The van der Waals surface area contributed by atoms with Crippen molar-refractivity contribution >= 4 is 29.7 Å². The van der Waals surface area contributed by atoms with E-state index in [2.05, 4.69) is 5.32 Å². The Labute approximate surface area is 169 Å². The van der Waals surface area contributed by atoms with Crippen LogP contribution in [0.25, 0.3) is 6.08 Å². The smallest absolute Gasteiger partial charge is 0.326 e. The number of ether oxygens (including phenoxy) is 1. The molecule has 148 valence electrons. The van der Waals surface area contributed by atoms with Crippen molar-refractivity contribution in [2.75, 3.05) is 11.5 Å². The first-order valence-corrected chi connectivity index (χ1v) is 10.3. The molecule has 2 rings (SSSR count). The Morgan fingerprint density at radius 2 is 1.86 bits per heavy atom. The first kappa shape index (κ1) is 21.6. The van der Waals surface area contributed by atoms with Crippen molar-refractivity contribution in [1.82, 2.24) is 5.32 Å². The SMILES string of the molecule is CCSCCC(NC(=O)/C=C/c1ccc(OCc2ccccc2)cc1)C(=O)O. The zero-order valence-corrected chi connectivity index (χ0v) is 16.7. The van der Waals surface area contributed by atoms with Crippen LogP contribution in [0.1, 0.15) is 24.5 Å². The number of carbonyl (C=O) groups excluding carboxylic acids is 1. The van der Waals surface area contributed by atoms with Gasteiger partial charge in [0.25, 0.3) is 0 Å². The second kappa shape index (κ2) is 11.9. The van der Waals surface area contributed by atoms with Crippen LogP contribution >= 0.6 is 11.8 Å². The lowest BCUT2D eigenvalue weighted by atomic mass is 10.2. The first-order valence-electron chi connectivity index (χ1n) is 9.14. The summed E-state index contributed by atoms with van der Waals surface area (Å²) < 4.78 is 5.73. The van der Waals surface area contributed by atoms with Gasteiger partial charge in [-0.3, -0.25) is 4.79 Å². The Kier molecular flexibility index (Phi) is 9.15. The van der Waals surface area contributed by atoms with Crippen molar-refractivity contribution in [3.63, 3.8) is 0 Å². The Morgan fingerprint density at radius 1 is 1.14 bits per heavy atom. The van der Waals surface area contributed by atoms with E-state index in [1.54, 1.807) is 17.8 Å². The predicted molar refractivity (Wildman–Crippen MR) is 113 cm³/mol. The second-order valence-corrected chi connectivity index (χ2v) is 7.46. The summed E-state index contributed by atoms with van der Waals surface area (Å²) in [6, 6.07) is 16.4. The van der Waals surface area contributed by atoms with Crippen molar-refractivity contribution in [3.8, 4) is 5.75 Å². The number of aliphatic carboxylic acids is 1. The van der Waals surface area contributed by atoms with Gasteiger partial charge in [0.2, 0.25) is 5.91 Å². The van der Waals surface area contributed by atoms with Crippen LogP contribution in [0.4, 0.5) is 0 Å². The number of carboxylic acids is 1. The molecule has 1 amide bonds. The van der Waals surface area contributed by atoms with E-state index in [1.165, 1.54) is 6.08 Å². The molecule has 2 N–H and O–H groups in total. The molecule has 6 heteroatoms. The lowest BCUT2D eigenvalue weighted by Crippen LogP contribution is -2.40. The van der Waals surface area contributed by atoms with Crippen LogP contribution in [-0.2, 0) is 16.2 Å². The highest BCUT2D eigenvalue weighted by molar-refractivity contribution is 7.99. The number of benzene rings is 2. The fraction of sp³-hybridized carbons (Fsp3) is 0.273. The zero-order valence-electron chi connectivity index (χ0n) is 15.8. The van der Waals surface area contributed by atoms with Crippen LogP contribution < -0.4 is 10.1 Å². The summed E-state index contributed by atoms with van der Waals surface area (Å²) in [5.74, 6) is 0.925. The van der Waals surface area contributed by atoms with Gasteiger partial charge in [-0.05, 0) is 47.3 Å². The van der Waals surface area contributed by atoms with Gasteiger partial charge in [0.1, 0.15) is 18.4 Å². The molecule has 5 nitrogen and oxygen atoms in total. The van der Waals surface area contributed by atoms with Crippen LogP contribution in [0, 0.1) is 0 Å². The molecule has 2 aromatic carbocycles. The Balaban J connectivity index is 1.83. The molecule has 0 radical (unpaired) electrons. The van der Waals surface area contributed by atoms with Gasteiger partial charge in [-0.1, -0.05) is 49.4 Å². The molecule has 0 fully saturated rings. The van der Waals surface area contributed by atoms with E-state index in [1.807, 2.05) is 61.5 Å². The number of amides is 1. The maximum atomic E-state index is 12.0. The van der Waals surface area contributed by atoms with Gasteiger partial charge in [0, 0.05) is 6.08 Å². The zero-order chi connectivity index (χ0) is 20.2. The normalized spacial score (nSPS) is 11.9. The van der Waals surface area contributed by atoms with Crippen LogP contribution in [0.3, 0.4) is 0 Å². The van der Waals surface area contributed by atoms with Crippen molar-refractivity contribution in [3.05, 3.63) is 71.8 Å². The summed E-state index contributed by atoms with van der Waals surface area (Å²) in [5.41, 5.74) is 1.92. The fourth-order valence-corrected chi connectivity index (χ4v) is 3.10. The van der Waals surface area contributed by atoms with Gasteiger partial charge in [-0.2, -0.15) is 11.8 Å². The molecule has 0 aromatic heterocycles. The average molecular weight is 400 g/mol. The van der Waals surface area contributed by atoms with Crippen molar-refractivity contribution in [2.45, 2.75) is 26.0 Å². The Bertz CT molecular complexity index is 775. The molecule has 2 aromatic rings. The number of nitrogens with one attached hydrogen (secondary N) is 1. The minimum Gasteiger partial charge on any atom is -0.489 e. The van der Waals surface area contributed by atoms with Crippen molar-refractivity contribution in [1.29, 1.82) is 0 Å². The minimum atomic E-state index is -1.02. The van der Waals surface area contributed by atoms with Crippen molar-refractivity contribution < 1.29 is 19.4 Å². The standard InChI is InChI=1S/C22H25NO4S/c1-2-28-15-14-20(22(25)26)23-21(24)13-10-17-8-11-19(12-9-17)27-16-18-6-4-3-5-7-18/h3-13,20H,2,14-16H2,1H3,(H,23,24)(H,25,26)/b13-10+. The maximum Gasteiger partial charge on any atom is 0.326 e. The Hall–Kier alpha value is -2.73. The van der Waals surface area contributed by atoms with Crippen LogP contribution in [0.5, 0.6) is 5.75 Å². The van der Waals surface area contributed by atoms with E-state index in [9.17, 15) is 14.7 Å². The molecule has 1 unspecified atom stereocenters. The summed E-state index contributed by atoms with van der Waals surface area (Å²) in [7, 11) is 0. The second-order valence-electron chi connectivity index (χ2n) is 6.06. The highest BCUT2D eigenvalue weighted by Crippen LogP contribution is 2.15. The van der Waals surface area contributed by atoms with Crippen LogP contribution in [-0.4, -0.2) is 34.5 Å². The number of hydrogen-bond acceptors (Lipinski definition) is 4. The third-order valence-electron chi connectivity index (χ3n) is 3.93. The van der Waals surface area contributed by atoms with Gasteiger partial charge in [0.15, 0.2) is 0 Å². The number of thioether (sulfide) groups is 1. The highest BCUT2D eigenvalue weighted by Gasteiger charge is 2.18. The van der Waals surface area contributed by atoms with E-state index in [-0.39, 0.29) is 0 Å². The van der Waals surface area contributed by atoms with Crippen LogP contribution in [0.15, 0.2) is 60.7 Å². The van der Waals surface area contributed by atoms with E-state index >= 15 is 0 Å². The molecule has 0 saturated heterocycles. The number of carbonyl (C=O) groups is 2. The number of hydrogen-bond donors (Lipinski definition) is 2. The van der Waals surface area contributed by atoms with E-state index < -0.39 is 17.9 Å². The monoisotopic (exact) mass is 399 g/mol. The highest BCUT2D eigenvalue weighted by atomic mass is 32.2. The molecule has 0 spiro atoms. The molecule has 0 saturated carbocycles. The summed E-state index contributed by atoms with van der Waals surface area (Å²) in [4.78, 5) is 23.2. The number of rotatable bonds is 11. The first-order chi connectivity index (χ1) is 13.6. The molecular formula is C22H25NO4S. The maximum absolute atomic E-state index is 12.0. The topological polar surface area (TPSA) is 75.6 Å². The molecule has 0 aliphatic rings. The summed E-state index contributed by atoms with van der Waals surface area (Å²) in [5, 5.41) is 11.7. The quantitative estimate of drug-likeness (QED) is 0.441. The summed E-state index contributed by atoms with van der Waals surface area (Å²) in [6.45, 7) is 2.51.